The van der Waals surface area contributed by atoms with E-state index >= 15 is 0 Å². The summed E-state index contributed by atoms with van der Waals surface area (Å²) in [5, 5.41) is 10.6. The number of aryl methyl sites for hydroxylation is 1. The van der Waals surface area contributed by atoms with E-state index in [1.165, 1.54) is 22.0 Å². The summed E-state index contributed by atoms with van der Waals surface area (Å²) in [4.78, 5) is 19.6. The molecule has 0 aliphatic carbocycles. The average molecular weight is 358 g/mol. The fourth-order valence-electron chi connectivity index (χ4n) is 2.77. The Labute approximate surface area is 155 Å². The van der Waals surface area contributed by atoms with Crippen LogP contribution in [0.2, 0.25) is 0 Å². The van der Waals surface area contributed by atoms with E-state index in [1.54, 1.807) is 0 Å². The maximum atomic E-state index is 11.9. The van der Waals surface area contributed by atoms with Crippen LogP contribution in [0.25, 0.3) is 10.9 Å². The fourth-order valence-corrected chi connectivity index (χ4v) is 2.77. The molecule has 0 bridgehead atoms. The molecule has 4 N–H and O–H groups in total. The number of hydrogen-bond donors (Lipinski definition) is 4. The molecular weight excluding hydrogens is 326 g/mol. The number of fused-ring (bicyclic) bond motifs is 1. The Hall–Kier alpha value is -2.50. The molecule has 0 saturated heterocycles. The Balaban J connectivity index is 1.91. The highest BCUT2D eigenvalue weighted by Crippen LogP contribution is 2.19. The molecule has 0 saturated carbocycles. The van der Waals surface area contributed by atoms with Crippen molar-refractivity contribution in [1.82, 2.24) is 20.9 Å². The summed E-state index contributed by atoms with van der Waals surface area (Å²) in [6.07, 6.45) is 2.94. The maximum Gasteiger partial charge on any atom is 0.242 e. The second-order valence-electron chi connectivity index (χ2n) is 7.53. The Morgan fingerprint density at radius 1 is 1.23 bits per heavy atom. The van der Waals surface area contributed by atoms with E-state index in [2.05, 4.69) is 57.2 Å². The van der Waals surface area contributed by atoms with Gasteiger partial charge in [0.2, 0.25) is 5.91 Å². The van der Waals surface area contributed by atoms with E-state index in [1.807, 2.05) is 27.7 Å². The van der Waals surface area contributed by atoms with Crippen LogP contribution in [0.3, 0.4) is 0 Å². The van der Waals surface area contributed by atoms with E-state index in [-0.39, 0.29) is 18.0 Å². The molecule has 2 rings (SSSR count). The van der Waals surface area contributed by atoms with Crippen molar-refractivity contribution in [3.05, 3.63) is 35.5 Å². The van der Waals surface area contributed by atoms with E-state index in [0.29, 0.717) is 5.96 Å². The standard InChI is InChI=1S/C20H31N5O/c1-6-21-19(24-13-18(26)25-20(3,4)5)22-10-9-15-12-23-17-11-14(2)7-8-16(15)17/h7-8,11-12,23H,6,9-10,13H2,1-5H3,(H,25,26)(H2,21,22,24). The molecule has 26 heavy (non-hydrogen) atoms. The van der Waals surface area contributed by atoms with Crippen LogP contribution in [0.1, 0.15) is 38.8 Å². The van der Waals surface area contributed by atoms with Crippen LogP contribution in [0.5, 0.6) is 0 Å². The van der Waals surface area contributed by atoms with E-state index in [0.717, 1.165) is 19.5 Å². The monoisotopic (exact) mass is 357 g/mol. The van der Waals surface area contributed by atoms with Gasteiger partial charge in [-0.3, -0.25) is 4.79 Å². The molecule has 6 heteroatoms. The SMILES string of the molecule is CCNC(=NCC(=O)NC(C)(C)C)NCCc1c[nH]c2cc(C)ccc12. The van der Waals surface area contributed by atoms with Crippen molar-refractivity contribution in [2.24, 2.45) is 4.99 Å². The Bertz CT molecular complexity index is 770. The molecule has 1 aromatic heterocycles. The number of aromatic nitrogens is 1. The van der Waals surface area contributed by atoms with Crippen LogP contribution >= 0.6 is 0 Å². The van der Waals surface area contributed by atoms with Gasteiger partial charge in [0.05, 0.1) is 0 Å². The molecule has 0 fully saturated rings. The number of carbonyl (C=O) groups is 1. The number of nitrogens with zero attached hydrogens (tertiary/aromatic N) is 1. The smallest absolute Gasteiger partial charge is 0.242 e. The third-order valence-electron chi connectivity index (χ3n) is 3.85. The Kier molecular flexibility index (Phi) is 6.66. The minimum atomic E-state index is -0.244. The maximum absolute atomic E-state index is 11.9. The summed E-state index contributed by atoms with van der Waals surface area (Å²) in [6, 6.07) is 6.45. The van der Waals surface area contributed by atoms with Crippen molar-refractivity contribution in [3.8, 4) is 0 Å². The number of hydrogen-bond acceptors (Lipinski definition) is 2. The van der Waals surface area contributed by atoms with Crippen molar-refractivity contribution in [2.45, 2.75) is 46.6 Å². The summed E-state index contributed by atoms with van der Waals surface area (Å²) in [5.41, 5.74) is 3.44. The molecule has 1 heterocycles. The summed E-state index contributed by atoms with van der Waals surface area (Å²) < 4.78 is 0. The van der Waals surface area contributed by atoms with Crippen molar-refractivity contribution in [2.75, 3.05) is 19.6 Å². The van der Waals surface area contributed by atoms with E-state index < -0.39 is 0 Å². The van der Waals surface area contributed by atoms with Crippen molar-refractivity contribution in [1.29, 1.82) is 0 Å². The molecule has 0 unspecified atom stereocenters. The van der Waals surface area contributed by atoms with Crippen molar-refractivity contribution < 1.29 is 4.79 Å². The second-order valence-corrected chi connectivity index (χ2v) is 7.53. The highest BCUT2D eigenvalue weighted by atomic mass is 16.2. The molecule has 1 amide bonds. The first-order valence-electron chi connectivity index (χ1n) is 9.18. The highest BCUT2D eigenvalue weighted by Gasteiger charge is 2.13. The first-order valence-corrected chi connectivity index (χ1v) is 9.18. The topological polar surface area (TPSA) is 81.3 Å². The first-order chi connectivity index (χ1) is 12.3. The van der Waals surface area contributed by atoms with Gasteiger partial charge in [0.15, 0.2) is 5.96 Å². The van der Waals surface area contributed by atoms with Gasteiger partial charge in [-0.15, -0.1) is 0 Å². The number of aliphatic imine (C=N–C) groups is 1. The molecular formula is C20H31N5O. The number of nitrogens with one attached hydrogen (secondary N) is 4. The first kappa shape index (κ1) is 19.8. The molecule has 0 atom stereocenters. The van der Waals surface area contributed by atoms with Crippen LogP contribution in [0.15, 0.2) is 29.4 Å². The predicted octanol–water partition coefficient (Wildman–Crippen LogP) is 2.49. The lowest BCUT2D eigenvalue weighted by atomic mass is 10.1. The number of carbonyl (C=O) groups excluding carboxylic acids is 1. The molecule has 0 radical (unpaired) electrons. The molecule has 0 spiro atoms. The van der Waals surface area contributed by atoms with Gasteiger partial charge in [-0.1, -0.05) is 12.1 Å². The summed E-state index contributed by atoms with van der Waals surface area (Å²) >= 11 is 0. The molecule has 0 aliphatic heterocycles. The van der Waals surface area contributed by atoms with Gasteiger partial charge in [-0.05, 0) is 58.2 Å². The van der Waals surface area contributed by atoms with Gasteiger partial charge in [-0.25, -0.2) is 4.99 Å². The average Bonchev–Trinajstić information content (AvgIpc) is 2.93. The van der Waals surface area contributed by atoms with Crippen LogP contribution < -0.4 is 16.0 Å². The van der Waals surface area contributed by atoms with Crippen LogP contribution in [-0.4, -0.2) is 42.0 Å². The number of aromatic amines is 1. The van der Waals surface area contributed by atoms with Gasteiger partial charge in [0, 0.05) is 35.7 Å². The summed E-state index contributed by atoms with van der Waals surface area (Å²) in [7, 11) is 0. The molecule has 0 aliphatic rings. The fraction of sp³-hybridized carbons (Fsp3) is 0.500. The Morgan fingerprint density at radius 3 is 2.69 bits per heavy atom. The van der Waals surface area contributed by atoms with Crippen molar-refractivity contribution in [3.63, 3.8) is 0 Å². The minimum absolute atomic E-state index is 0.0818. The predicted molar refractivity (Wildman–Crippen MR) is 109 cm³/mol. The largest absolute Gasteiger partial charge is 0.361 e. The summed E-state index contributed by atoms with van der Waals surface area (Å²) in [6.45, 7) is 11.6. The van der Waals surface area contributed by atoms with Crippen LogP contribution in [-0.2, 0) is 11.2 Å². The number of guanidine groups is 1. The highest BCUT2D eigenvalue weighted by molar-refractivity contribution is 5.85. The third-order valence-corrected chi connectivity index (χ3v) is 3.85. The minimum Gasteiger partial charge on any atom is -0.361 e. The lowest BCUT2D eigenvalue weighted by molar-refractivity contribution is -0.121. The lowest BCUT2D eigenvalue weighted by Gasteiger charge is -2.20. The lowest BCUT2D eigenvalue weighted by Crippen LogP contribution is -2.43. The molecule has 142 valence electrons. The number of amides is 1. The normalized spacial score (nSPS) is 12.3. The number of H-pyrrole nitrogens is 1. The van der Waals surface area contributed by atoms with Gasteiger partial charge < -0.3 is 20.9 Å². The van der Waals surface area contributed by atoms with Gasteiger partial charge in [0.1, 0.15) is 6.54 Å². The van der Waals surface area contributed by atoms with Crippen molar-refractivity contribution >= 4 is 22.8 Å². The van der Waals surface area contributed by atoms with Crippen LogP contribution in [0, 0.1) is 6.92 Å². The quantitative estimate of drug-likeness (QED) is 0.474. The van der Waals surface area contributed by atoms with E-state index in [4.69, 9.17) is 0 Å². The Morgan fingerprint density at radius 2 is 2.00 bits per heavy atom. The molecule has 6 nitrogen and oxygen atoms in total. The van der Waals surface area contributed by atoms with Crippen LogP contribution in [0.4, 0.5) is 0 Å². The summed E-state index contributed by atoms with van der Waals surface area (Å²) in [5.74, 6) is 0.578. The zero-order valence-corrected chi connectivity index (χ0v) is 16.5. The molecule has 2 aromatic rings. The zero-order valence-electron chi connectivity index (χ0n) is 16.5. The third kappa shape index (κ3) is 6.10. The van der Waals surface area contributed by atoms with Gasteiger partial charge in [0.25, 0.3) is 0 Å². The second kappa shape index (κ2) is 8.74. The van der Waals surface area contributed by atoms with Gasteiger partial charge >= 0.3 is 0 Å². The zero-order chi connectivity index (χ0) is 19.2. The number of rotatable bonds is 6. The van der Waals surface area contributed by atoms with Gasteiger partial charge in [-0.2, -0.15) is 0 Å². The van der Waals surface area contributed by atoms with E-state index in [9.17, 15) is 4.79 Å². The number of benzene rings is 1. The molecule has 1 aromatic carbocycles.